The number of hydrogen-bond donors (Lipinski definition) is 2. The van der Waals surface area contributed by atoms with Gasteiger partial charge in [0.25, 0.3) is 0 Å². The van der Waals surface area contributed by atoms with Crippen LogP contribution in [-0.4, -0.2) is 17.0 Å². The number of anilines is 2. The van der Waals surface area contributed by atoms with Crippen molar-refractivity contribution in [1.82, 2.24) is 9.97 Å². The highest BCUT2D eigenvalue weighted by atomic mass is 79.9. The lowest BCUT2D eigenvalue weighted by Gasteiger charge is -2.16. The minimum atomic E-state index is 0.209. The molecule has 1 atom stereocenters. The summed E-state index contributed by atoms with van der Waals surface area (Å²) in [5.41, 5.74) is 1.32. The van der Waals surface area contributed by atoms with Crippen molar-refractivity contribution in [2.24, 2.45) is 0 Å². The Bertz CT molecular complexity index is 582. The van der Waals surface area contributed by atoms with Crippen LogP contribution in [0.2, 0.25) is 0 Å². The van der Waals surface area contributed by atoms with E-state index in [0.29, 0.717) is 5.95 Å². The van der Waals surface area contributed by atoms with Gasteiger partial charge in [0.2, 0.25) is 5.95 Å². The number of nitrogens with zero attached hydrogens (tertiary/aromatic N) is 2. The summed E-state index contributed by atoms with van der Waals surface area (Å²) in [7, 11) is 1.81. The predicted molar refractivity (Wildman–Crippen MR) is 85.1 cm³/mol. The van der Waals surface area contributed by atoms with Gasteiger partial charge in [-0.05, 0) is 48.3 Å². The fourth-order valence-electron chi connectivity index (χ4n) is 1.95. The fraction of sp³-hybridized carbons (Fsp3) is 0.385. The monoisotopic (exact) mass is 340 g/mol. The predicted octanol–water partition coefficient (Wildman–Crippen LogP) is 4.13. The van der Waals surface area contributed by atoms with Crippen LogP contribution in [0.25, 0.3) is 0 Å². The van der Waals surface area contributed by atoms with Crippen molar-refractivity contribution >= 4 is 39.0 Å². The summed E-state index contributed by atoms with van der Waals surface area (Å²) >= 11 is 5.29. The molecule has 2 rings (SSSR count). The van der Waals surface area contributed by atoms with Gasteiger partial charge >= 0.3 is 0 Å². The van der Waals surface area contributed by atoms with Crippen molar-refractivity contribution in [3.05, 3.63) is 32.1 Å². The van der Waals surface area contributed by atoms with E-state index in [1.54, 1.807) is 6.20 Å². The van der Waals surface area contributed by atoms with Gasteiger partial charge in [-0.25, -0.2) is 4.98 Å². The van der Waals surface area contributed by atoms with Crippen molar-refractivity contribution in [2.45, 2.75) is 26.8 Å². The molecule has 2 aromatic heterocycles. The summed E-state index contributed by atoms with van der Waals surface area (Å²) in [4.78, 5) is 11.2. The van der Waals surface area contributed by atoms with Crippen LogP contribution >= 0.6 is 27.3 Å². The van der Waals surface area contributed by atoms with E-state index in [0.717, 1.165) is 10.3 Å². The first-order valence-electron chi connectivity index (χ1n) is 6.05. The summed E-state index contributed by atoms with van der Waals surface area (Å²) in [5, 5.41) is 6.37. The third-order valence-corrected chi connectivity index (χ3v) is 4.43. The van der Waals surface area contributed by atoms with E-state index >= 15 is 0 Å². The van der Waals surface area contributed by atoms with Crippen LogP contribution in [0, 0.1) is 13.8 Å². The largest absolute Gasteiger partial charge is 0.362 e. The molecule has 1 unspecified atom stereocenters. The molecule has 0 saturated heterocycles. The highest BCUT2D eigenvalue weighted by molar-refractivity contribution is 9.10. The topological polar surface area (TPSA) is 49.8 Å². The minimum Gasteiger partial charge on any atom is -0.362 e. The molecule has 0 aliphatic heterocycles. The average Bonchev–Trinajstić information content (AvgIpc) is 2.71. The van der Waals surface area contributed by atoms with Gasteiger partial charge in [0.1, 0.15) is 5.82 Å². The first-order valence-corrected chi connectivity index (χ1v) is 7.66. The number of thiophene rings is 1. The van der Waals surface area contributed by atoms with E-state index in [1.807, 2.05) is 18.4 Å². The molecule has 0 spiro atoms. The van der Waals surface area contributed by atoms with Gasteiger partial charge in [-0.1, -0.05) is 0 Å². The van der Waals surface area contributed by atoms with Crippen molar-refractivity contribution in [2.75, 3.05) is 17.7 Å². The fourth-order valence-corrected chi connectivity index (χ4v) is 3.28. The van der Waals surface area contributed by atoms with Crippen LogP contribution in [0.4, 0.5) is 11.8 Å². The summed E-state index contributed by atoms with van der Waals surface area (Å²) < 4.78 is 0.864. The average molecular weight is 341 g/mol. The lowest BCUT2D eigenvalue weighted by atomic mass is 10.1. The molecular weight excluding hydrogens is 324 g/mol. The quantitative estimate of drug-likeness (QED) is 0.878. The molecule has 19 heavy (non-hydrogen) atoms. The lowest BCUT2D eigenvalue weighted by Crippen LogP contribution is -2.10. The molecule has 4 nitrogen and oxygen atoms in total. The van der Waals surface area contributed by atoms with E-state index in [-0.39, 0.29) is 6.04 Å². The Balaban J connectivity index is 2.23. The Hall–Kier alpha value is -1.14. The second-order valence-corrected chi connectivity index (χ2v) is 6.69. The van der Waals surface area contributed by atoms with Gasteiger partial charge in [0.15, 0.2) is 0 Å². The molecule has 0 saturated carbocycles. The van der Waals surface area contributed by atoms with E-state index in [9.17, 15) is 0 Å². The van der Waals surface area contributed by atoms with Gasteiger partial charge in [-0.15, -0.1) is 11.3 Å². The van der Waals surface area contributed by atoms with Crippen LogP contribution in [0.1, 0.15) is 28.3 Å². The molecule has 2 heterocycles. The summed E-state index contributed by atoms with van der Waals surface area (Å²) in [6, 6.07) is 2.44. The van der Waals surface area contributed by atoms with Crippen molar-refractivity contribution in [1.29, 1.82) is 0 Å². The van der Waals surface area contributed by atoms with Crippen LogP contribution in [0.15, 0.2) is 16.7 Å². The third-order valence-electron chi connectivity index (χ3n) is 2.87. The number of hydrogen-bond acceptors (Lipinski definition) is 5. The van der Waals surface area contributed by atoms with Crippen LogP contribution in [0.3, 0.4) is 0 Å². The Morgan fingerprint density at radius 1 is 1.37 bits per heavy atom. The molecule has 0 aliphatic rings. The van der Waals surface area contributed by atoms with Crippen LogP contribution in [-0.2, 0) is 0 Å². The lowest BCUT2D eigenvalue weighted by molar-refractivity contribution is 0.867. The standard InChI is InChI=1S/C13H17BrN4S/c1-7-5-10(9(3)19-7)8(2)17-12-11(14)6-16-13(15-4)18-12/h5-6,8H,1-4H3,(H2,15,16,17,18). The highest BCUT2D eigenvalue weighted by Crippen LogP contribution is 2.30. The maximum Gasteiger partial charge on any atom is 0.224 e. The molecule has 102 valence electrons. The van der Waals surface area contributed by atoms with Crippen LogP contribution in [0.5, 0.6) is 0 Å². The van der Waals surface area contributed by atoms with Crippen molar-refractivity contribution < 1.29 is 0 Å². The minimum absolute atomic E-state index is 0.209. The maximum absolute atomic E-state index is 4.42. The van der Waals surface area contributed by atoms with E-state index in [4.69, 9.17) is 0 Å². The van der Waals surface area contributed by atoms with E-state index in [1.165, 1.54) is 15.3 Å². The molecule has 0 amide bonds. The second-order valence-electron chi connectivity index (χ2n) is 4.37. The number of aryl methyl sites for hydroxylation is 2. The van der Waals surface area contributed by atoms with Gasteiger partial charge in [0.05, 0.1) is 10.5 Å². The molecule has 6 heteroatoms. The number of halogens is 1. The first kappa shape index (κ1) is 14.3. The summed E-state index contributed by atoms with van der Waals surface area (Å²) in [6.45, 7) is 6.43. The van der Waals surface area contributed by atoms with Gasteiger partial charge in [-0.3, -0.25) is 0 Å². The van der Waals surface area contributed by atoms with E-state index < -0.39 is 0 Å². The Labute approximate surface area is 125 Å². The molecular formula is C13H17BrN4S. The van der Waals surface area contributed by atoms with Gasteiger partial charge in [-0.2, -0.15) is 4.98 Å². The molecule has 2 aromatic rings. The number of rotatable bonds is 4. The van der Waals surface area contributed by atoms with Crippen molar-refractivity contribution in [3.8, 4) is 0 Å². The molecule has 2 N–H and O–H groups in total. The van der Waals surface area contributed by atoms with Gasteiger partial charge < -0.3 is 10.6 Å². The zero-order chi connectivity index (χ0) is 14.0. The second kappa shape index (κ2) is 5.88. The molecule has 0 bridgehead atoms. The molecule has 0 aliphatic carbocycles. The zero-order valence-corrected chi connectivity index (χ0v) is 13.8. The third kappa shape index (κ3) is 3.25. The summed E-state index contributed by atoms with van der Waals surface area (Å²) in [5.74, 6) is 1.41. The van der Waals surface area contributed by atoms with E-state index in [2.05, 4.69) is 63.4 Å². The number of nitrogens with one attached hydrogen (secondary N) is 2. The highest BCUT2D eigenvalue weighted by Gasteiger charge is 2.13. The molecule has 0 fully saturated rings. The Morgan fingerprint density at radius 3 is 2.68 bits per heavy atom. The van der Waals surface area contributed by atoms with Crippen molar-refractivity contribution in [3.63, 3.8) is 0 Å². The number of aromatic nitrogens is 2. The molecule has 0 aromatic carbocycles. The Morgan fingerprint density at radius 2 is 2.11 bits per heavy atom. The molecule has 0 radical (unpaired) electrons. The summed E-state index contributed by atoms with van der Waals surface area (Å²) in [6.07, 6.45) is 1.75. The SMILES string of the molecule is CNc1ncc(Br)c(NC(C)c2cc(C)sc2C)n1. The smallest absolute Gasteiger partial charge is 0.224 e. The zero-order valence-electron chi connectivity index (χ0n) is 11.4. The van der Waals surface area contributed by atoms with Crippen LogP contribution < -0.4 is 10.6 Å². The maximum atomic E-state index is 4.42. The normalized spacial score (nSPS) is 12.3. The van der Waals surface area contributed by atoms with Gasteiger partial charge in [0, 0.05) is 23.0 Å². The Kier molecular flexibility index (Phi) is 4.42. The first-order chi connectivity index (χ1) is 9.01.